The van der Waals surface area contributed by atoms with Crippen LogP contribution >= 0.6 is 0 Å². The van der Waals surface area contributed by atoms with E-state index in [-0.39, 0.29) is 0 Å². The maximum atomic E-state index is 5.77. The van der Waals surface area contributed by atoms with Crippen LogP contribution in [0.15, 0.2) is 6.33 Å². The molecule has 0 aliphatic rings. The normalized spacial score (nSPS) is 10.6. The monoisotopic (exact) mass is 279 g/mol. The molecule has 0 radical (unpaired) electrons. The Morgan fingerprint density at radius 1 is 1.00 bits per heavy atom. The van der Waals surface area contributed by atoms with Gasteiger partial charge in [-0.1, -0.05) is 46.0 Å². The van der Waals surface area contributed by atoms with Crippen molar-refractivity contribution in [1.82, 2.24) is 9.97 Å². The molecule has 0 bridgehead atoms. The maximum Gasteiger partial charge on any atom is 0.221 e. The van der Waals surface area contributed by atoms with Crippen LogP contribution in [0.2, 0.25) is 0 Å². The molecule has 0 aliphatic heterocycles. The number of unbranched alkanes of at least 4 members (excludes halogenated alkanes) is 5. The summed E-state index contributed by atoms with van der Waals surface area (Å²) in [5, 5.41) is 3.30. The number of ether oxygens (including phenoxy) is 1. The molecular formula is C16H29N3O. The molecule has 1 N–H and O–H groups in total. The van der Waals surface area contributed by atoms with E-state index in [1.807, 2.05) is 6.92 Å². The molecule has 1 rings (SSSR count). The van der Waals surface area contributed by atoms with Gasteiger partial charge < -0.3 is 10.1 Å². The molecule has 0 amide bonds. The number of hydrogen-bond acceptors (Lipinski definition) is 4. The minimum atomic E-state index is 0.715. The second kappa shape index (κ2) is 10.5. The molecule has 0 spiro atoms. The van der Waals surface area contributed by atoms with Crippen molar-refractivity contribution in [3.05, 3.63) is 11.9 Å². The summed E-state index contributed by atoms with van der Waals surface area (Å²) in [4.78, 5) is 8.47. The van der Waals surface area contributed by atoms with E-state index >= 15 is 0 Å². The van der Waals surface area contributed by atoms with Gasteiger partial charge in [-0.2, -0.15) is 0 Å². The van der Waals surface area contributed by atoms with Gasteiger partial charge in [0, 0.05) is 6.54 Å². The maximum absolute atomic E-state index is 5.77. The molecular weight excluding hydrogens is 250 g/mol. The molecule has 0 fully saturated rings. The Labute approximate surface area is 123 Å². The van der Waals surface area contributed by atoms with E-state index < -0.39 is 0 Å². The second-order valence-electron chi connectivity index (χ2n) is 5.20. The molecule has 1 heterocycles. The zero-order valence-corrected chi connectivity index (χ0v) is 13.2. The summed E-state index contributed by atoms with van der Waals surface area (Å²) in [6.45, 7) is 8.06. The van der Waals surface area contributed by atoms with Crippen molar-refractivity contribution < 1.29 is 4.74 Å². The van der Waals surface area contributed by atoms with Crippen LogP contribution in [0.3, 0.4) is 0 Å². The molecule has 0 saturated heterocycles. The van der Waals surface area contributed by atoms with Crippen molar-refractivity contribution in [2.75, 3.05) is 18.5 Å². The van der Waals surface area contributed by atoms with Gasteiger partial charge in [0.1, 0.15) is 12.1 Å². The standard InChI is InChI=1S/C16H29N3O/c1-4-6-7-8-9-10-12-20-16-14(3)15(17-11-5-2)18-13-19-16/h13H,4-12H2,1-3H3,(H,17,18,19). The molecule has 114 valence electrons. The lowest BCUT2D eigenvalue weighted by atomic mass is 10.1. The number of hydrogen-bond donors (Lipinski definition) is 1. The summed E-state index contributed by atoms with van der Waals surface area (Å²) in [5.41, 5.74) is 1.01. The largest absolute Gasteiger partial charge is 0.477 e. The van der Waals surface area contributed by atoms with Crippen molar-refractivity contribution >= 4 is 5.82 Å². The fourth-order valence-electron chi connectivity index (χ4n) is 2.05. The van der Waals surface area contributed by atoms with E-state index in [2.05, 4.69) is 29.1 Å². The van der Waals surface area contributed by atoms with Crippen molar-refractivity contribution in [3.8, 4) is 5.88 Å². The lowest BCUT2D eigenvalue weighted by Gasteiger charge is -2.11. The van der Waals surface area contributed by atoms with Gasteiger partial charge in [0.25, 0.3) is 0 Å². The van der Waals surface area contributed by atoms with Gasteiger partial charge in [-0.25, -0.2) is 9.97 Å². The van der Waals surface area contributed by atoms with E-state index in [1.54, 1.807) is 6.33 Å². The number of rotatable bonds is 11. The van der Waals surface area contributed by atoms with E-state index in [0.717, 1.165) is 37.4 Å². The van der Waals surface area contributed by atoms with Crippen molar-refractivity contribution in [2.45, 2.75) is 65.7 Å². The first-order chi connectivity index (χ1) is 9.79. The zero-order valence-electron chi connectivity index (χ0n) is 13.2. The van der Waals surface area contributed by atoms with Crippen LogP contribution in [0, 0.1) is 6.92 Å². The Kier molecular flexibility index (Phi) is 8.76. The third kappa shape index (κ3) is 6.22. The number of aromatic nitrogens is 2. The Hall–Kier alpha value is -1.32. The van der Waals surface area contributed by atoms with Crippen molar-refractivity contribution in [3.63, 3.8) is 0 Å². The van der Waals surface area contributed by atoms with Gasteiger partial charge in [0.2, 0.25) is 5.88 Å². The molecule has 20 heavy (non-hydrogen) atoms. The minimum absolute atomic E-state index is 0.715. The zero-order chi connectivity index (χ0) is 14.6. The van der Waals surface area contributed by atoms with E-state index in [9.17, 15) is 0 Å². The Morgan fingerprint density at radius 3 is 2.50 bits per heavy atom. The lowest BCUT2D eigenvalue weighted by Crippen LogP contribution is -2.07. The average molecular weight is 279 g/mol. The summed E-state index contributed by atoms with van der Waals surface area (Å²) >= 11 is 0. The van der Waals surface area contributed by atoms with Crippen LogP contribution in [-0.4, -0.2) is 23.1 Å². The van der Waals surface area contributed by atoms with E-state index in [1.165, 1.54) is 32.1 Å². The third-order valence-corrected chi connectivity index (χ3v) is 3.32. The molecule has 4 nitrogen and oxygen atoms in total. The first-order valence-corrected chi connectivity index (χ1v) is 7.97. The van der Waals surface area contributed by atoms with Crippen LogP contribution < -0.4 is 10.1 Å². The van der Waals surface area contributed by atoms with Crippen LogP contribution in [-0.2, 0) is 0 Å². The predicted octanol–water partition coefficient (Wildman–Crippen LogP) is 4.35. The minimum Gasteiger partial charge on any atom is -0.477 e. The second-order valence-corrected chi connectivity index (χ2v) is 5.20. The van der Waals surface area contributed by atoms with E-state index in [4.69, 9.17) is 4.74 Å². The average Bonchev–Trinajstić information content (AvgIpc) is 2.46. The highest BCUT2D eigenvalue weighted by Gasteiger charge is 2.07. The SMILES string of the molecule is CCCCCCCCOc1ncnc(NCCC)c1C. The van der Waals surface area contributed by atoms with Crippen molar-refractivity contribution in [1.29, 1.82) is 0 Å². The molecule has 0 aliphatic carbocycles. The van der Waals surface area contributed by atoms with Crippen molar-refractivity contribution in [2.24, 2.45) is 0 Å². The molecule has 4 heteroatoms. The first-order valence-electron chi connectivity index (χ1n) is 7.97. The number of nitrogens with one attached hydrogen (secondary N) is 1. The molecule has 0 atom stereocenters. The highest BCUT2D eigenvalue weighted by molar-refractivity contribution is 5.47. The topological polar surface area (TPSA) is 47.0 Å². The fraction of sp³-hybridized carbons (Fsp3) is 0.750. The van der Waals surface area contributed by atoms with Crippen LogP contribution in [0.25, 0.3) is 0 Å². The predicted molar refractivity (Wildman–Crippen MR) is 84.4 cm³/mol. The molecule has 0 saturated carbocycles. The summed E-state index contributed by atoms with van der Waals surface area (Å²) in [7, 11) is 0. The molecule has 0 aromatic carbocycles. The third-order valence-electron chi connectivity index (χ3n) is 3.32. The van der Waals surface area contributed by atoms with Gasteiger partial charge in [0.05, 0.1) is 12.2 Å². The number of anilines is 1. The van der Waals surface area contributed by atoms with Crippen LogP contribution in [0.1, 0.15) is 64.4 Å². The van der Waals surface area contributed by atoms with Gasteiger partial charge in [-0.3, -0.25) is 0 Å². The highest BCUT2D eigenvalue weighted by atomic mass is 16.5. The summed E-state index contributed by atoms with van der Waals surface area (Å²) in [6.07, 6.45) is 10.3. The highest BCUT2D eigenvalue weighted by Crippen LogP contribution is 2.20. The van der Waals surface area contributed by atoms with Gasteiger partial charge in [-0.15, -0.1) is 0 Å². The Bertz CT molecular complexity index is 369. The van der Waals surface area contributed by atoms with Crippen LogP contribution in [0.5, 0.6) is 5.88 Å². The van der Waals surface area contributed by atoms with Crippen LogP contribution in [0.4, 0.5) is 5.82 Å². The fourth-order valence-corrected chi connectivity index (χ4v) is 2.05. The molecule has 0 unspecified atom stereocenters. The smallest absolute Gasteiger partial charge is 0.221 e. The van der Waals surface area contributed by atoms with Gasteiger partial charge in [-0.05, 0) is 19.8 Å². The molecule has 1 aromatic rings. The first kappa shape index (κ1) is 16.7. The summed E-state index contributed by atoms with van der Waals surface area (Å²) in [5.74, 6) is 1.60. The van der Waals surface area contributed by atoms with Gasteiger partial charge >= 0.3 is 0 Å². The van der Waals surface area contributed by atoms with Gasteiger partial charge in [0.15, 0.2) is 0 Å². The molecule has 1 aromatic heterocycles. The quantitative estimate of drug-likeness (QED) is 0.612. The Morgan fingerprint density at radius 2 is 1.75 bits per heavy atom. The lowest BCUT2D eigenvalue weighted by molar-refractivity contribution is 0.291. The Balaban J connectivity index is 2.29. The summed E-state index contributed by atoms with van der Waals surface area (Å²) in [6, 6.07) is 0. The number of nitrogens with zero attached hydrogens (tertiary/aromatic N) is 2. The summed E-state index contributed by atoms with van der Waals surface area (Å²) < 4.78 is 5.77. The van der Waals surface area contributed by atoms with E-state index in [0.29, 0.717) is 5.88 Å².